The zero-order valence-electron chi connectivity index (χ0n) is 13.8. The molecule has 6 nitrogen and oxygen atoms in total. The SMILES string of the molecule is CCS(=O)(=O)N1C[C@@H](C(=O)Nc2c(F)cccc2F)Oc2ccccc21. The van der Waals surface area contributed by atoms with Gasteiger partial charge < -0.3 is 10.1 Å². The first kappa shape index (κ1) is 18.1. The monoisotopic (exact) mass is 382 g/mol. The zero-order chi connectivity index (χ0) is 18.9. The van der Waals surface area contributed by atoms with Gasteiger partial charge in [0.05, 0.1) is 18.0 Å². The van der Waals surface area contributed by atoms with Gasteiger partial charge in [0, 0.05) is 0 Å². The van der Waals surface area contributed by atoms with E-state index in [1.54, 1.807) is 18.2 Å². The maximum Gasteiger partial charge on any atom is 0.267 e. The molecule has 1 heterocycles. The molecule has 0 radical (unpaired) electrons. The molecular formula is C17H16F2N2O4S. The number of hydrogen-bond donors (Lipinski definition) is 1. The van der Waals surface area contributed by atoms with Crippen LogP contribution in [0.5, 0.6) is 5.75 Å². The number of sulfonamides is 1. The lowest BCUT2D eigenvalue weighted by molar-refractivity contribution is -0.122. The van der Waals surface area contributed by atoms with Gasteiger partial charge in [-0.15, -0.1) is 0 Å². The second kappa shape index (κ2) is 6.91. The first-order valence-corrected chi connectivity index (χ1v) is 9.45. The number of fused-ring (bicyclic) bond motifs is 1. The number of carbonyl (C=O) groups is 1. The highest BCUT2D eigenvalue weighted by molar-refractivity contribution is 7.92. The first-order valence-electron chi connectivity index (χ1n) is 7.84. The fourth-order valence-corrected chi connectivity index (χ4v) is 3.70. The molecule has 0 unspecified atom stereocenters. The Balaban J connectivity index is 1.91. The van der Waals surface area contributed by atoms with Crippen LogP contribution >= 0.6 is 0 Å². The van der Waals surface area contributed by atoms with E-state index in [0.29, 0.717) is 5.69 Å². The molecular weight excluding hydrogens is 366 g/mol. The number of nitrogens with zero attached hydrogens (tertiary/aromatic N) is 1. The van der Waals surface area contributed by atoms with Gasteiger partial charge in [-0.2, -0.15) is 0 Å². The van der Waals surface area contributed by atoms with E-state index in [2.05, 4.69) is 5.32 Å². The first-order chi connectivity index (χ1) is 12.3. The zero-order valence-corrected chi connectivity index (χ0v) is 14.6. The van der Waals surface area contributed by atoms with Crippen molar-refractivity contribution in [1.82, 2.24) is 0 Å². The Kier molecular flexibility index (Phi) is 4.82. The molecule has 0 saturated heterocycles. The number of anilines is 2. The van der Waals surface area contributed by atoms with E-state index in [4.69, 9.17) is 4.74 Å². The molecule has 26 heavy (non-hydrogen) atoms. The highest BCUT2D eigenvalue weighted by Gasteiger charge is 2.36. The number of benzene rings is 2. The summed E-state index contributed by atoms with van der Waals surface area (Å²) in [7, 11) is -3.67. The Morgan fingerprint density at radius 2 is 1.85 bits per heavy atom. The van der Waals surface area contributed by atoms with Crippen molar-refractivity contribution in [3.8, 4) is 5.75 Å². The van der Waals surface area contributed by atoms with Crippen molar-refractivity contribution in [3.63, 3.8) is 0 Å². The normalized spacial score (nSPS) is 16.6. The van der Waals surface area contributed by atoms with Crippen LogP contribution in [0.4, 0.5) is 20.2 Å². The Morgan fingerprint density at radius 1 is 1.19 bits per heavy atom. The minimum Gasteiger partial charge on any atom is -0.476 e. The molecule has 2 aromatic carbocycles. The fraction of sp³-hybridized carbons (Fsp3) is 0.235. The molecule has 1 aliphatic heterocycles. The molecule has 3 rings (SSSR count). The summed E-state index contributed by atoms with van der Waals surface area (Å²) in [5.41, 5.74) is -0.291. The van der Waals surface area contributed by atoms with Gasteiger partial charge >= 0.3 is 0 Å². The Labute approximate surface area is 149 Å². The van der Waals surface area contributed by atoms with E-state index in [0.717, 1.165) is 16.4 Å². The lowest BCUT2D eigenvalue weighted by Crippen LogP contribution is -2.49. The highest BCUT2D eigenvalue weighted by atomic mass is 32.2. The third-order valence-corrected chi connectivity index (χ3v) is 5.69. The molecule has 0 spiro atoms. The Morgan fingerprint density at radius 3 is 2.50 bits per heavy atom. The summed E-state index contributed by atoms with van der Waals surface area (Å²) in [6.07, 6.45) is -1.26. The minimum absolute atomic E-state index is 0.169. The fourth-order valence-electron chi connectivity index (χ4n) is 2.58. The average Bonchev–Trinajstić information content (AvgIpc) is 2.63. The smallest absolute Gasteiger partial charge is 0.267 e. The second-order valence-electron chi connectivity index (χ2n) is 5.59. The van der Waals surface area contributed by atoms with E-state index in [1.807, 2.05) is 0 Å². The number of para-hydroxylation sites is 3. The number of halogens is 2. The summed E-state index contributed by atoms with van der Waals surface area (Å²) in [6.45, 7) is 1.19. The van der Waals surface area contributed by atoms with Crippen LogP contribution in [0.1, 0.15) is 6.92 Å². The molecule has 1 amide bonds. The van der Waals surface area contributed by atoms with Crippen LogP contribution in [0.15, 0.2) is 42.5 Å². The van der Waals surface area contributed by atoms with Gasteiger partial charge in [0.2, 0.25) is 10.0 Å². The molecule has 0 aliphatic carbocycles. The number of amides is 1. The van der Waals surface area contributed by atoms with Crippen LogP contribution in [-0.4, -0.2) is 32.7 Å². The standard InChI is InChI=1S/C17H16F2N2O4S/c1-2-26(23,24)21-10-15(25-14-9-4-3-8-13(14)21)17(22)20-16-11(18)6-5-7-12(16)19/h3-9,15H,2,10H2,1H3,(H,20,22)/t15-/m0/s1. The maximum atomic E-state index is 13.7. The van der Waals surface area contributed by atoms with Gasteiger partial charge in [0.1, 0.15) is 23.1 Å². The summed E-state index contributed by atoms with van der Waals surface area (Å²) in [6, 6.07) is 9.54. The number of nitrogens with one attached hydrogen (secondary N) is 1. The quantitative estimate of drug-likeness (QED) is 0.882. The average molecular weight is 382 g/mol. The van der Waals surface area contributed by atoms with Gasteiger partial charge in [-0.25, -0.2) is 17.2 Å². The van der Waals surface area contributed by atoms with Gasteiger partial charge in [0.15, 0.2) is 6.10 Å². The van der Waals surface area contributed by atoms with Crippen molar-refractivity contribution in [2.75, 3.05) is 21.9 Å². The van der Waals surface area contributed by atoms with E-state index in [9.17, 15) is 22.0 Å². The molecule has 0 saturated carbocycles. The number of ether oxygens (including phenoxy) is 1. The van der Waals surface area contributed by atoms with Crippen LogP contribution in [0.25, 0.3) is 0 Å². The second-order valence-corrected chi connectivity index (χ2v) is 7.77. The van der Waals surface area contributed by atoms with Gasteiger partial charge in [-0.1, -0.05) is 18.2 Å². The highest BCUT2D eigenvalue weighted by Crippen LogP contribution is 2.35. The summed E-state index contributed by atoms with van der Waals surface area (Å²) in [5, 5.41) is 2.13. The van der Waals surface area contributed by atoms with Crippen LogP contribution in [-0.2, 0) is 14.8 Å². The maximum absolute atomic E-state index is 13.7. The van der Waals surface area contributed by atoms with Gasteiger partial charge in [-0.05, 0) is 31.2 Å². The summed E-state index contributed by atoms with van der Waals surface area (Å²) in [4.78, 5) is 12.5. The van der Waals surface area contributed by atoms with Crippen LogP contribution in [0, 0.1) is 11.6 Å². The molecule has 9 heteroatoms. The van der Waals surface area contributed by atoms with E-state index < -0.39 is 39.4 Å². The van der Waals surface area contributed by atoms with Crippen molar-refractivity contribution in [2.24, 2.45) is 0 Å². The predicted molar refractivity (Wildman–Crippen MR) is 92.7 cm³/mol. The summed E-state index contributed by atoms with van der Waals surface area (Å²) in [5.74, 6) is -2.69. The van der Waals surface area contributed by atoms with E-state index in [-0.39, 0.29) is 18.0 Å². The molecule has 0 bridgehead atoms. The topological polar surface area (TPSA) is 75.7 Å². The van der Waals surface area contributed by atoms with Crippen molar-refractivity contribution >= 4 is 27.3 Å². The van der Waals surface area contributed by atoms with Crippen LogP contribution < -0.4 is 14.4 Å². The van der Waals surface area contributed by atoms with Gasteiger partial charge in [-0.3, -0.25) is 9.10 Å². The number of carbonyl (C=O) groups excluding carboxylic acids is 1. The van der Waals surface area contributed by atoms with Crippen molar-refractivity contribution in [1.29, 1.82) is 0 Å². The van der Waals surface area contributed by atoms with Crippen LogP contribution in [0.3, 0.4) is 0 Å². The molecule has 0 aromatic heterocycles. The van der Waals surface area contributed by atoms with Crippen molar-refractivity contribution in [2.45, 2.75) is 13.0 Å². The molecule has 2 aromatic rings. The third-order valence-electron chi connectivity index (χ3n) is 3.94. The Hall–Kier alpha value is -2.68. The minimum atomic E-state index is -3.67. The summed E-state index contributed by atoms with van der Waals surface area (Å²) >= 11 is 0. The molecule has 1 atom stereocenters. The van der Waals surface area contributed by atoms with E-state index >= 15 is 0 Å². The molecule has 1 aliphatic rings. The van der Waals surface area contributed by atoms with Crippen LogP contribution in [0.2, 0.25) is 0 Å². The van der Waals surface area contributed by atoms with Gasteiger partial charge in [0.25, 0.3) is 5.91 Å². The van der Waals surface area contributed by atoms with E-state index in [1.165, 1.54) is 19.1 Å². The molecule has 0 fully saturated rings. The summed E-state index contributed by atoms with van der Waals surface area (Å²) < 4.78 is 58.8. The Bertz CT molecular complexity index is 929. The molecule has 138 valence electrons. The predicted octanol–water partition coefficient (Wildman–Crippen LogP) is 2.52. The lowest BCUT2D eigenvalue weighted by atomic mass is 10.2. The largest absolute Gasteiger partial charge is 0.476 e. The molecule has 1 N–H and O–H groups in total. The third kappa shape index (κ3) is 3.34. The van der Waals surface area contributed by atoms with Crippen molar-refractivity contribution in [3.05, 3.63) is 54.1 Å². The number of rotatable bonds is 4. The lowest BCUT2D eigenvalue weighted by Gasteiger charge is -2.34. The number of hydrogen-bond acceptors (Lipinski definition) is 4. The van der Waals surface area contributed by atoms with Crippen molar-refractivity contribution < 1.29 is 26.7 Å².